The molecule has 4 aliphatic rings. The van der Waals surface area contributed by atoms with E-state index in [0.29, 0.717) is 16.7 Å². The summed E-state index contributed by atoms with van der Waals surface area (Å²) in [6, 6.07) is 0. The van der Waals surface area contributed by atoms with Gasteiger partial charge in [-0.05, 0) is 48.3 Å². The predicted octanol–water partition coefficient (Wildman–Crippen LogP) is 3.39. The molecule has 4 unspecified atom stereocenters. The predicted molar refractivity (Wildman–Crippen MR) is 66.0 cm³/mol. The number of aliphatic hydroxyl groups excluding tert-OH is 1. The highest BCUT2D eigenvalue weighted by atomic mass is 16.3. The molecule has 2 fully saturated rings. The number of hydrogen-bond acceptors (Lipinski definition) is 1. The highest BCUT2D eigenvalue weighted by molar-refractivity contribution is 5.31. The first-order valence-corrected chi connectivity index (χ1v) is 6.74. The summed E-state index contributed by atoms with van der Waals surface area (Å²) in [5, 5.41) is 10.3. The van der Waals surface area contributed by atoms with Crippen molar-refractivity contribution >= 4 is 0 Å². The van der Waals surface area contributed by atoms with Crippen LogP contribution in [-0.4, -0.2) is 11.2 Å². The summed E-state index contributed by atoms with van der Waals surface area (Å²) in [5.41, 5.74) is 2.27. The smallest absolute Gasteiger partial charge is 0.0760 e. The van der Waals surface area contributed by atoms with E-state index in [1.807, 2.05) is 0 Å². The molecule has 90 valence electrons. The Bertz CT molecular complexity index is 354. The van der Waals surface area contributed by atoms with Gasteiger partial charge >= 0.3 is 0 Å². The Morgan fingerprint density at radius 2 is 1.88 bits per heavy atom. The zero-order valence-electron chi connectivity index (χ0n) is 11.0. The molecule has 0 radical (unpaired) electrons. The Morgan fingerprint density at radius 1 is 1.19 bits per heavy atom. The number of allylic oxidation sites excluding steroid dienone is 1. The molecule has 4 aliphatic carbocycles. The normalized spacial score (nSPS) is 53.7. The number of fused-ring (bicyclic) bond motifs is 1. The Kier molecular flexibility index (Phi) is 1.98. The first-order chi connectivity index (χ1) is 7.38. The second kappa shape index (κ2) is 2.93. The fourth-order valence-corrected chi connectivity index (χ4v) is 5.35. The van der Waals surface area contributed by atoms with Crippen LogP contribution in [0.15, 0.2) is 11.6 Å². The SMILES string of the molecule is CC1=CC(O)[C@H]2C3C1C2(C)CCCC3(C)C. The van der Waals surface area contributed by atoms with Crippen molar-refractivity contribution in [3.05, 3.63) is 11.6 Å². The van der Waals surface area contributed by atoms with Gasteiger partial charge in [0, 0.05) is 0 Å². The lowest BCUT2D eigenvalue weighted by atomic mass is 9.38. The molecule has 0 spiro atoms. The van der Waals surface area contributed by atoms with E-state index in [1.165, 1.54) is 24.8 Å². The average molecular weight is 220 g/mol. The van der Waals surface area contributed by atoms with Crippen LogP contribution in [0.3, 0.4) is 0 Å². The van der Waals surface area contributed by atoms with Gasteiger partial charge in [-0.15, -0.1) is 0 Å². The molecule has 0 aliphatic heterocycles. The van der Waals surface area contributed by atoms with Crippen LogP contribution in [-0.2, 0) is 0 Å². The molecule has 16 heavy (non-hydrogen) atoms. The minimum Gasteiger partial charge on any atom is -0.389 e. The van der Waals surface area contributed by atoms with Crippen LogP contribution < -0.4 is 0 Å². The van der Waals surface area contributed by atoms with Gasteiger partial charge in [-0.1, -0.05) is 38.8 Å². The minimum atomic E-state index is -0.183. The lowest BCUT2D eigenvalue weighted by Crippen LogP contribution is -2.64. The molecule has 4 rings (SSSR count). The van der Waals surface area contributed by atoms with E-state index in [2.05, 4.69) is 33.8 Å². The van der Waals surface area contributed by atoms with E-state index < -0.39 is 0 Å². The lowest BCUT2D eigenvalue weighted by molar-refractivity contribution is -0.180. The standard InChI is InChI=1S/C15H24O/c1-9-8-10(16)12-13-11(9)15(12,4)7-5-6-14(13,2)3/h8,10-13,16H,5-7H2,1-4H3/t10?,11?,12-,13?,15?/m0/s1. The first-order valence-electron chi connectivity index (χ1n) is 6.74. The topological polar surface area (TPSA) is 20.2 Å². The van der Waals surface area contributed by atoms with Crippen molar-refractivity contribution in [3.63, 3.8) is 0 Å². The summed E-state index contributed by atoms with van der Waals surface area (Å²) in [5.74, 6) is 2.00. The maximum absolute atomic E-state index is 10.3. The van der Waals surface area contributed by atoms with Crippen LogP contribution in [0, 0.1) is 28.6 Å². The van der Waals surface area contributed by atoms with Gasteiger partial charge in [0.1, 0.15) is 0 Å². The maximum Gasteiger partial charge on any atom is 0.0760 e. The van der Waals surface area contributed by atoms with Crippen molar-refractivity contribution in [1.82, 2.24) is 0 Å². The van der Waals surface area contributed by atoms with E-state index in [4.69, 9.17) is 0 Å². The van der Waals surface area contributed by atoms with Crippen LogP contribution in [0.5, 0.6) is 0 Å². The Labute approximate surface area is 98.9 Å². The van der Waals surface area contributed by atoms with Crippen LogP contribution in [0.4, 0.5) is 0 Å². The Hall–Kier alpha value is -0.300. The second-order valence-corrected chi connectivity index (χ2v) is 7.28. The molecule has 2 saturated carbocycles. The van der Waals surface area contributed by atoms with Crippen LogP contribution in [0.25, 0.3) is 0 Å². The highest BCUT2D eigenvalue weighted by Crippen LogP contribution is 2.72. The van der Waals surface area contributed by atoms with E-state index in [-0.39, 0.29) is 6.10 Å². The Balaban J connectivity index is 2.10. The number of aliphatic hydroxyl groups is 1. The molecule has 4 bridgehead atoms. The van der Waals surface area contributed by atoms with Crippen molar-refractivity contribution in [2.75, 3.05) is 0 Å². The summed E-state index contributed by atoms with van der Waals surface area (Å²) in [4.78, 5) is 0. The van der Waals surface area contributed by atoms with Gasteiger partial charge in [0.25, 0.3) is 0 Å². The van der Waals surface area contributed by atoms with Gasteiger partial charge in [0.15, 0.2) is 0 Å². The van der Waals surface area contributed by atoms with E-state index >= 15 is 0 Å². The highest BCUT2D eigenvalue weighted by Gasteiger charge is 2.67. The van der Waals surface area contributed by atoms with Crippen molar-refractivity contribution in [1.29, 1.82) is 0 Å². The Morgan fingerprint density at radius 3 is 2.50 bits per heavy atom. The molecule has 0 aromatic rings. The molecule has 1 heteroatoms. The second-order valence-electron chi connectivity index (χ2n) is 7.28. The summed E-state index contributed by atoms with van der Waals surface area (Å²) in [7, 11) is 0. The first kappa shape index (κ1) is 10.8. The van der Waals surface area contributed by atoms with Gasteiger partial charge in [0.05, 0.1) is 6.10 Å². The average Bonchev–Trinajstić information content (AvgIpc) is 2.28. The summed E-state index contributed by atoms with van der Waals surface area (Å²) >= 11 is 0. The minimum absolute atomic E-state index is 0.183. The van der Waals surface area contributed by atoms with Gasteiger partial charge in [-0.2, -0.15) is 0 Å². The maximum atomic E-state index is 10.3. The monoisotopic (exact) mass is 220 g/mol. The fourth-order valence-electron chi connectivity index (χ4n) is 5.35. The molecule has 5 atom stereocenters. The molecule has 0 heterocycles. The largest absolute Gasteiger partial charge is 0.389 e. The third-order valence-corrected chi connectivity index (χ3v) is 5.95. The van der Waals surface area contributed by atoms with Gasteiger partial charge < -0.3 is 5.11 Å². The van der Waals surface area contributed by atoms with Crippen molar-refractivity contribution in [2.24, 2.45) is 28.6 Å². The van der Waals surface area contributed by atoms with Crippen LogP contribution >= 0.6 is 0 Å². The van der Waals surface area contributed by atoms with Crippen molar-refractivity contribution in [2.45, 2.75) is 53.1 Å². The van der Waals surface area contributed by atoms with E-state index in [0.717, 1.165) is 11.8 Å². The number of rotatable bonds is 0. The molecule has 0 saturated heterocycles. The molecule has 0 amide bonds. The van der Waals surface area contributed by atoms with Crippen LogP contribution in [0.2, 0.25) is 0 Å². The molecule has 0 aromatic heterocycles. The zero-order chi connectivity index (χ0) is 11.7. The molecule has 1 N–H and O–H groups in total. The zero-order valence-corrected chi connectivity index (χ0v) is 11.0. The number of hydrogen-bond donors (Lipinski definition) is 1. The molecule has 0 aromatic carbocycles. The summed E-state index contributed by atoms with van der Waals surface area (Å²) in [6.07, 6.45) is 5.92. The third-order valence-electron chi connectivity index (χ3n) is 5.95. The van der Waals surface area contributed by atoms with E-state index in [9.17, 15) is 5.11 Å². The van der Waals surface area contributed by atoms with Crippen molar-refractivity contribution < 1.29 is 5.11 Å². The molecular weight excluding hydrogens is 196 g/mol. The lowest BCUT2D eigenvalue weighted by Gasteiger charge is -2.67. The van der Waals surface area contributed by atoms with Gasteiger partial charge in [-0.3, -0.25) is 0 Å². The van der Waals surface area contributed by atoms with Gasteiger partial charge in [0.2, 0.25) is 0 Å². The third kappa shape index (κ3) is 1.06. The van der Waals surface area contributed by atoms with Crippen LogP contribution in [0.1, 0.15) is 47.0 Å². The van der Waals surface area contributed by atoms with Crippen molar-refractivity contribution in [3.8, 4) is 0 Å². The fraction of sp³-hybridized carbons (Fsp3) is 0.867. The summed E-state index contributed by atoms with van der Waals surface area (Å²) < 4.78 is 0. The summed E-state index contributed by atoms with van der Waals surface area (Å²) in [6.45, 7) is 9.47. The quantitative estimate of drug-likeness (QED) is 0.620. The molecule has 1 nitrogen and oxygen atoms in total. The van der Waals surface area contributed by atoms with E-state index in [1.54, 1.807) is 0 Å². The van der Waals surface area contributed by atoms with Gasteiger partial charge in [-0.25, -0.2) is 0 Å². The molecular formula is C15H24O.